The number of likely N-dealkylation sites (N-methyl/N-ethyl adjacent to an activating group) is 1. The quantitative estimate of drug-likeness (QED) is 0.779. The number of hydrogen-bond acceptors (Lipinski definition) is 5. The molecule has 0 saturated heterocycles. The molecule has 1 heterocycles. The second kappa shape index (κ2) is 8.06. The summed E-state index contributed by atoms with van der Waals surface area (Å²) in [6.07, 6.45) is 3.47. The summed E-state index contributed by atoms with van der Waals surface area (Å²) >= 11 is 0. The Balaban J connectivity index is 1.93. The summed E-state index contributed by atoms with van der Waals surface area (Å²) in [6.45, 7) is 2.73. The van der Waals surface area contributed by atoms with Crippen LogP contribution in [0.15, 0.2) is 36.9 Å². The van der Waals surface area contributed by atoms with Crippen LogP contribution in [0.1, 0.15) is 24.9 Å². The van der Waals surface area contributed by atoms with E-state index < -0.39 is 0 Å². The van der Waals surface area contributed by atoms with Crippen molar-refractivity contribution in [2.75, 3.05) is 20.1 Å². The molecule has 0 fully saturated rings. The predicted molar refractivity (Wildman–Crippen MR) is 85.6 cm³/mol. The number of benzene rings is 1. The number of amides is 1. The van der Waals surface area contributed by atoms with E-state index in [1.807, 2.05) is 49.2 Å². The van der Waals surface area contributed by atoms with Gasteiger partial charge in [-0.25, -0.2) is 9.67 Å². The van der Waals surface area contributed by atoms with Crippen LogP contribution in [-0.2, 0) is 4.79 Å². The zero-order valence-electron chi connectivity index (χ0n) is 13.3. The van der Waals surface area contributed by atoms with E-state index in [1.54, 1.807) is 11.0 Å². The van der Waals surface area contributed by atoms with E-state index in [1.165, 1.54) is 6.33 Å². The van der Waals surface area contributed by atoms with Gasteiger partial charge in [-0.15, -0.1) is 0 Å². The fraction of sp³-hybridized carbons (Fsp3) is 0.375. The van der Waals surface area contributed by atoms with Crippen molar-refractivity contribution in [2.24, 2.45) is 0 Å². The zero-order valence-corrected chi connectivity index (χ0v) is 13.3. The van der Waals surface area contributed by atoms with E-state index in [4.69, 9.17) is 5.26 Å². The van der Waals surface area contributed by atoms with Gasteiger partial charge >= 0.3 is 0 Å². The maximum Gasteiger partial charge on any atom is 0.234 e. The first-order valence-electron chi connectivity index (χ1n) is 7.40. The Bertz CT molecular complexity index is 659. The van der Waals surface area contributed by atoms with Gasteiger partial charge in [0.1, 0.15) is 12.7 Å². The smallest absolute Gasteiger partial charge is 0.234 e. The molecule has 120 valence electrons. The molecule has 0 saturated carbocycles. The van der Waals surface area contributed by atoms with Crippen molar-refractivity contribution in [1.82, 2.24) is 25.0 Å². The van der Waals surface area contributed by atoms with Crippen LogP contribution in [0.4, 0.5) is 0 Å². The molecular weight excluding hydrogens is 292 g/mol. The molecule has 1 N–H and O–H groups in total. The lowest BCUT2D eigenvalue weighted by atomic mass is 10.1. The van der Waals surface area contributed by atoms with E-state index >= 15 is 0 Å². The number of aromatic nitrogens is 3. The summed E-state index contributed by atoms with van der Waals surface area (Å²) in [6, 6.07) is 10.1. The molecule has 0 radical (unpaired) electrons. The van der Waals surface area contributed by atoms with Crippen LogP contribution in [0.2, 0.25) is 0 Å². The third-order valence-electron chi connectivity index (χ3n) is 3.67. The maximum atomic E-state index is 11.8. The number of carbonyl (C=O) groups is 1. The lowest BCUT2D eigenvalue weighted by molar-refractivity contribution is -0.122. The van der Waals surface area contributed by atoms with E-state index in [2.05, 4.69) is 15.4 Å². The molecule has 0 aliphatic rings. The zero-order chi connectivity index (χ0) is 16.7. The Morgan fingerprint density at radius 1 is 1.43 bits per heavy atom. The van der Waals surface area contributed by atoms with Gasteiger partial charge in [0, 0.05) is 12.6 Å². The van der Waals surface area contributed by atoms with Gasteiger partial charge in [0.25, 0.3) is 0 Å². The van der Waals surface area contributed by atoms with Gasteiger partial charge < -0.3 is 5.32 Å². The fourth-order valence-corrected chi connectivity index (χ4v) is 2.18. The van der Waals surface area contributed by atoms with Gasteiger partial charge in [0.15, 0.2) is 0 Å². The molecule has 1 unspecified atom stereocenters. The summed E-state index contributed by atoms with van der Waals surface area (Å²) in [7, 11) is 1.90. The molecule has 1 aromatic carbocycles. The highest BCUT2D eigenvalue weighted by Crippen LogP contribution is 2.19. The molecule has 7 nitrogen and oxygen atoms in total. The van der Waals surface area contributed by atoms with Crippen LogP contribution in [-0.4, -0.2) is 45.7 Å². The first-order valence-corrected chi connectivity index (χ1v) is 7.40. The number of nitrogens with zero attached hydrogens (tertiary/aromatic N) is 5. The van der Waals surface area contributed by atoms with E-state index in [0.29, 0.717) is 13.0 Å². The molecule has 1 aromatic heterocycles. The minimum Gasteiger partial charge on any atom is -0.354 e. The summed E-state index contributed by atoms with van der Waals surface area (Å²) in [4.78, 5) is 17.7. The number of rotatable bonds is 7. The maximum absolute atomic E-state index is 11.8. The molecule has 0 spiro atoms. The SMILES string of the molecule is CC(c1ccc(-n2cncn2)cc1)N(C)CC(=O)NCCC#N. The van der Waals surface area contributed by atoms with Crippen molar-refractivity contribution in [1.29, 1.82) is 5.26 Å². The Hall–Kier alpha value is -2.72. The molecule has 1 amide bonds. The van der Waals surface area contributed by atoms with Crippen LogP contribution < -0.4 is 5.32 Å². The standard InChI is InChI=1S/C16H20N6O/c1-13(21(2)10-16(23)19-9-3-8-17)14-4-6-15(7-5-14)22-12-18-11-20-22/h4-7,11-13H,3,9-10H2,1-2H3,(H,19,23). The summed E-state index contributed by atoms with van der Waals surface area (Å²) in [5.74, 6) is -0.0752. The summed E-state index contributed by atoms with van der Waals surface area (Å²) in [5, 5.41) is 15.3. The highest BCUT2D eigenvalue weighted by molar-refractivity contribution is 5.78. The molecule has 0 bridgehead atoms. The van der Waals surface area contributed by atoms with E-state index in [-0.39, 0.29) is 18.5 Å². The molecule has 2 rings (SSSR count). The average molecular weight is 312 g/mol. The van der Waals surface area contributed by atoms with Gasteiger partial charge in [0.05, 0.1) is 24.7 Å². The second-order valence-electron chi connectivity index (χ2n) is 5.28. The number of hydrogen-bond donors (Lipinski definition) is 1. The molecular formula is C16H20N6O. The van der Waals surface area contributed by atoms with Gasteiger partial charge in [-0.1, -0.05) is 12.1 Å². The van der Waals surface area contributed by atoms with Crippen LogP contribution in [0.3, 0.4) is 0 Å². The Labute approximate surface area is 135 Å². The average Bonchev–Trinajstić information content (AvgIpc) is 3.09. The third-order valence-corrected chi connectivity index (χ3v) is 3.67. The van der Waals surface area contributed by atoms with Crippen molar-refractivity contribution >= 4 is 5.91 Å². The minimum atomic E-state index is -0.0752. The van der Waals surface area contributed by atoms with Crippen molar-refractivity contribution in [3.63, 3.8) is 0 Å². The van der Waals surface area contributed by atoms with Crippen LogP contribution >= 0.6 is 0 Å². The van der Waals surface area contributed by atoms with Crippen molar-refractivity contribution in [3.05, 3.63) is 42.5 Å². The topological polar surface area (TPSA) is 86.8 Å². The minimum absolute atomic E-state index is 0.0752. The first kappa shape index (κ1) is 16.6. The number of nitriles is 1. The van der Waals surface area contributed by atoms with E-state index in [0.717, 1.165) is 11.3 Å². The third kappa shape index (κ3) is 4.63. The lowest BCUT2D eigenvalue weighted by Gasteiger charge is -2.24. The second-order valence-corrected chi connectivity index (χ2v) is 5.28. The Morgan fingerprint density at radius 3 is 2.78 bits per heavy atom. The molecule has 1 atom stereocenters. The summed E-state index contributed by atoms with van der Waals surface area (Å²) < 4.78 is 1.70. The Morgan fingerprint density at radius 2 is 2.17 bits per heavy atom. The van der Waals surface area contributed by atoms with Gasteiger partial charge in [-0.3, -0.25) is 9.69 Å². The molecule has 2 aromatic rings. The highest BCUT2D eigenvalue weighted by atomic mass is 16.2. The molecule has 0 aliphatic heterocycles. The van der Waals surface area contributed by atoms with Crippen LogP contribution in [0.5, 0.6) is 0 Å². The number of nitrogens with one attached hydrogen (secondary N) is 1. The summed E-state index contributed by atoms with van der Waals surface area (Å²) in [5.41, 5.74) is 2.05. The normalized spacial score (nSPS) is 11.9. The van der Waals surface area contributed by atoms with Gasteiger partial charge in [-0.2, -0.15) is 10.4 Å². The highest BCUT2D eigenvalue weighted by Gasteiger charge is 2.14. The Kier molecular flexibility index (Phi) is 5.83. The van der Waals surface area contributed by atoms with Gasteiger partial charge in [0.2, 0.25) is 5.91 Å². The number of carbonyl (C=O) groups excluding carboxylic acids is 1. The van der Waals surface area contributed by atoms with Crippen LogP contribution in [0.25, 0.3) is 5.69 Å². The molecule has 0 aliphatic carbocycles. The van der Waals surface area contributed by atoms with Crippen LogP contribution in [0, 0.1) is 11.3 Å². The van der Waals surface area contributed by atoms with Crippen molar-refractivity contribution in [3.8, 4) is 11.8 Å². The fourth-order valence-electron chi connectivity index (χ4n) is 2.18. The van der Waals surface area contributed by atoms with E-state index in [9.17, 15) is 4.79 Å². The van der Waals surface area contributed by atoms with Crippen molar-refractivity contribution < 1.29 is 4.79 Å². The monoisotopic (exact) mass is 312 g/mol. The molecule has 23 heavy (non-hydrogen) atoms. The van der Waals surface area contributed by atoms with Crippen molar-refractivity contribution in [2.45, 2.75) is 19.4 Å². The first-order chi connectivity index (χ1) is 11.1. The predicted octanol–water partition coefficient (Wildman–Crippen LogP) is 1.29. The largest absolute Gasteiger partial charge is 0.354 e. The lowest BCUT2D eigenvalue weighted by Crippen LogP contribution is -2.36. The molecule has 7 heteroatoms. The van der Waals surface area contributed by atoms with Gasteiger partial charge in [-0.05, 0) is 31.7 Å².